The molecule has 1 aromatic carbocycles. The van der Waals surface area contributed by atoms with Crippen LogP contribution in [0.15, 0.2) is 33.6 Å². The van der Waals surface area contributed by atoms with Gasteiger partial charge >= 0.3 is 0 Å². The number of rotatable bonds is 5. The Morgan fingerprint density at radius 3 is 3.00 bits per heavy atom. The monoisotopic (exact) mass is 329 g/mol. The Balaban J connectivity index is 1.88. The number of hydrogen-bond acceptors (Lipinski definition) is 2. The molecule has 1 saturated carbocycles. The fraction of sp³-hybridized carbons (Fsp3) is 0.571. The van der Waals surface area contributed by atoms with E-state index in [1.165, 1.54) is 19.3 Å². The Morgan fingerprint density at radius 2 is 2.28 bits per heavy atom. The molecule has 1 N–H and O–H groups in total. The molecule has 1 aliphatic carbocycles. The normalized spacial score (nSPS) is 25.2. The molecule has 2 rings (SSSR count). The Labute approximate surface area is 120 Å². The van der Waals surface area contributed by atoms with E-state index in [0.717, 1.165) is 21.5 Å². The van der Waals surface area contributed by atoms with Crippen LogP contribution in [0.4, 0.5) is 0 Å². The summed E-state index contributed by atoms with van der Waals surface area (Å²) in [5.41, 5.74) is 0. The molecule has 3 atom stereocenters. The molecule has 0 aliphatic heterocycles. The maximum atomic E-state index is 12.2. The van der Waals surface area contributed by atoms with Crippen LogP contribution in [-0.4, -0.2) is 23.1 Å². The van der Waals surface area contributed by atoms with Crippen molar-refractivity contribution in [2.24, 2.45) is 5.92 Å². The lowest BCUT2D eigenvalue weighted by molar-refractivity contribution is 0.416. The molecule has 0 amide bonds. The third kappa shape index (κ3) is 3.65. The molecule has 2 nitrogen and oxygen atoms in total. The standard InChI is InChI=1S/C14H20BrNOS/c1-16-14-7-2-4-11(14)8-9-18(17)13-6-3-5-12(15)10-13/h3,5-6,10-11,14,16H,2,4,7-9H2,1H3. The van der Waals surface area contributed by atoms with Crippen molar-refractivity contribution in [1.82, 2.24) is 5.32 Å². The summed E-state index contributed by atoms with van der Waals surface area (Å²) in [7, 11) is 1.17. The quantitative estimate of drug-likeness (QED) is 0.897. The number of benzene rings is 1. The van der Waals surface area contributed by atoms with Gasteiger partial charge in [0, 0.05) is 21.2 Å². The average Bonchev–Trinajstić information content (AvgIpc) is 2.83. The van der Waals surface area contributed by atoms with E-state index >= 15 is 0 Å². The summed E-state index contributed by atoms with van der Waals surface area (Å²) in [5.74, 6) is 1.48. The highest BCUT2D eigenvalue weighted by molar-refractivity contribution is 9.10. The van der Waals surface area contributed by atoms with E-state index in [0.29, 0.717) is 12.0 Å². The summed E-state index contributed by atoms with van der Waals surface area (Å²) in [5, 5.41) is 3.38. The number of nitrogens with one attached hydrogen (secondary N) is 1. The molecule has 1 fully saturated rings. The summed E-state index contributed by atoms with van der Waals surface area (Å²) in [6.45, 7) is 0. The molecule has 1 aromatic rings. The first kappa shape index (κ1) is 14.2. The zero-order valence-electron chi connectivity index (χ0n) is 10.7. The van der Waals surface area contributed by atoms with E-state index in [4.69, 9.17) is 0 Å². The molecule has 100 valence electrons. The Hall–Kier alpha value is -0.190. The van der Waals surface area contributed by atoms with E-state index in [1.54, 1.807) is 0 Å². The van der Waals surface area contributed by atoms with Gasteiger partial charge in [-0.15, -0.1) is 0 Å². The second-order valence-electron chi connectivity index (χ2n) is 4.88. The second kappa shape index (κ2) is 6.83. The van der Waals surface area contributed by atoms with Gasteiger partial charge in [-0.2, -0.15) is 0 Å². The summed E-state index contributed by atoms with van der Waals surface area (Å²) in [6.07, 6.45) is 4.91. The van der Waals surface area contributed by atoms with Crippen LogP contribution >= 0.6 is 15.9 Å². The average molecular weight is 330 g/mol. The van der Waals surface area contributed by atoms with Crippen LogP contribution in [0, 0.1) is 5.92 Å². The van der Waals surface area contributed by atoms with Crippen molar-refractivity contribution in [3.63, 3.8) is 0 Å². The minimum atomic E-state index is -0.864. The highest BCUT2D eigenvalue weighted by atomic mass is 79.9. The Morgan fingerprint density at radius 1 is 1.44 bits per heavy atom. The van der Waals surface area contributed by atoms with Crippen LogP contribution < -0.4 is 5.32 Å². The lowest BCUT2D eigenvalue weighted by atomic mass is 10.0. The van der Waals surface area contributed by atoms with Crippen LogP contribution in [0.25, 0.3) is 0 Å². The van der Waals surface area contributed by atoms with Gasteiger partial charge in [0.15, 0.2) is 0 Å². The van der Waals surface area contributed by atoms with Gasteiger partial charge < -0.3 is 5.32 Å². The largest absolute Gasteiger partial charge is 0.317 e. The zero-order valence-corrected chi connectivity index (χ0v) is 13.1. The van der Waals surface area contributed by atoms with Crippen molar-refractivity contribution in [2.45, 2.75) is 36.6 Å². The molecule has 18 heavy (non-hydrogen) atoms. The third-order valence-electron chi connectivity index (χ3n) is 3.76. The first-order chi connectivity index (χ1) is 8.70. The summed E-state index contributed by atoms with van der Waals surface area (Å²) >= 11 is 3.42. The van der Waals surface area contributed by atoms with Crippen molar-refractivity contribution < 1.29 is 4.21 Å². The SMILES string of the molecule is CNC1CCCC1CCS(=O)c1cccc(Br)c1. The first-order valence-electron chi connectivity index (χ1n) is 6.52. The molecule has 0 saturated heterocycles. The predicted molar refractivity (Wildman–Crippen MR) is 80.2 cm³/mol. The molecule has 0 bridgehead atoms. The maximum absolute atomic E-state index is 12.2. The minimum absolute atomic E-state index is 0.629. The molecule has 0 aromatic heterocycles. The molecule has 0 spiro atoms. The van der Waals surface area contributed by atoms with Crippen molar-refractivity contribution in [1.29, 1.82) is 0 Å². The fourth-order valence-corrected chi connectivity index (χ4v) is 4.54. The smallest absolute Gasteiger partial charge is 0.0530 e. The van der Waals surface area contributed by atoms with Crippen LogP contribution in [0.3, 0.4) is 0 Å². The predicted octanol–water partition coefficient (Wildman–Crippen LogP) is 3.33. The third-order valence-corrected chi connectivity index (χ3v) is 5.64. The minimum Gasteiger partial charge on any atom is -0.317 e. The molecule has 3 unspecified atom stereocenters. The highest BCUT2D eigenvalue weighted by Crippen LogP contribution is 2.28. The molecule has 1 aliphatic rings. The molecule has 0 heterocycles. The summed E-state index contributed by atoms with van der Waals surface area (Å²) < 4.78 is 13.2. The molecular weight excluding hydrogens is 310 g/mol. The van der Waals surface area contributed by atoms with E-state index < -0.39 is 10.8 Å². The Kier molecular flexibility index (Phi) is 5.39. The van der Waals surface area contributed by atoms with Gasteiger partial charge in [-0.1, -0.05) is 28.4 Å². The first-order valence-corrected chi connectivity index (χ1v) is 8.63. The number of hydrogen-bond donors (Lipinski definition) is 1. The van der Waals surface area contributed by atoms with Gasteiger partial charge in [0.1, 0.15) is 0 Å². The maximum Gasteiger partial charge on any atom is 0.0530 e. The van der Waals surface area contributed by atoms with Crippen molar-refractivity contribution in [3.05, 3.63) is 28.7 Å². The van der Waals surface area contributed by atoms with Gasteiger partial charge in [-0.05, 0) is 50.4 Å². The van der Waals surface area contributed by atoms with Gasteiger partial charge in [-0.25, -0.2) is 0 Å². The van der Waals surface area contributed by atoms with E-state index in [1.807, 2.05) is 31.3 Å². The summed E-state index contributed by atoms with van der Waals surface area (Å²) in [6, 6.07) is 8.45. The van der Waals surface area contributed by atoms with Gasteiger partial charge in [0.05, 0.1) is 10.8 Å². The van der Waals surface area contributed by atoms with Gasteiger partial charge in [-0.3, -0.25) is 4.21 Å². The van der Waals surface area contributed by atoms with E-state index in [-0.39, 0.29) is 0 Å². The second-order valence-corrected chi connectivity index (χ2v) is 7.37. The topological polar surface area (TPSA) is 29.1 Å². The Bertz CT molecular complexity index is 424. The summed E-state index contributed by atoms with van der Waals surface area (Å²) in [4.78, 5) is 0.934. The fourth-order valence-electron chi connectivity index (χ4n) is 2.75. The van der Waals surface area contributed by atoms with Gasteiger partial charge in [0.25, 0.3) is 0 Å². The lowest BCUT2D eigenvalue weighted by Gasteiger charge is -2.18. The van der Waals surface area contributed by atoms with Crippen LogP contribution in [-0.2, 0) is 10.8 Å². The van der Waals surface area contributed by atoms with Crippen LogP contribution in [0.2, 0.25) is 0 Å². The van der Waals surface area contributed by atoms with Crippen LogP contribution in [0.1, 0.15) is 25.7 Å². The van der Waals surface area contributed by atoms with E-state index in [9.17, 15) is 4.21 Å². The number of halogens is 1. The molecular formula is C14H20BrNOS. The van der Waals surface area contributed by atoms with E-state index in [2.05, 4.69) is 21.2 Å². The highest BCUT2D eigenvalue weighted by Gasteiger charge is 2.25. The lowest BCUT2D eigenvalue weighted by Crippen LogP contribution is -2.29. The van der Waals surface area contributed by atoms with Crippen molar-refractivity contribution in [3.8, 4) is 0 Å². The van der Waals surface area contributed by atoms with Crippen molar-refractivity contribution in [2.75, 3.05) is 12.8 Å². The molecule has 0 radical (unpaired) electrons. The van der Waals surface area contributed by atoms with Crippen LogP contribution in [0.5, 0.6) is 0 Å². The molecule has 4 heteroatoms. The zero-order chi connectivity index (χ0) is 13.0. The van der Waals surface area contributed by atoms with Gasteiger partial charge in [0.2, 0.25) is 0 Å². The van der Waals surface area contributed by atoms with Crippen molar-refractivity contribution >= 4 is 26.7 Å².